The minimum atomic E-state index is -3.79. The van der Waals surface area contributed by atoms with E-state index in [0.717, 1.165) is 32.1 Å². The number of benzene rings is 2. The fourth-order valence-electron chi connectivity index (χ4n) is 3.78. The Morgan fingerprint density at radius 1 is 0.656 bits per heavy atom. The van der Waals surface area contributed by atoms with Gasteiger partial charge in [0.15, 0.2) is 0 Å². The first kappa shape index (κ1) is 26.4. The summed E-state index contributed by atoms with van der Waals surface area (Å²) < 4.78 is 36.9. The van der Waals surface area contributed by atoms with E-state index in [4.69, 9.17) is 8.92 Å². The molecule has 0 heterocycles. The topological polar surface area (TPSA) is 52.6 Å². The molecule has 0 saturated carbocycles. The zero-order valence-electron chi connectivity index (χ0n) is 19.8. The maximum absolute atomic E-state index is 12.8. The smallest absolute Gasteiger partial charge is 0.297 e. The van der Waals surface area contributed by atoms with E-state index in [-0.39, 0.29) is 11.0 Å². The van der Waals surface area contributed by atoms with Crippen LogP contribution in [0.5, 0.6) is 11.5 Å². The molecule has 2 aromatic rings. The quantitative estimate of drug-likeness (QED) is 0.176. The molecule has 0 aromatic heterocycles. The lowest BCUT2D eigenvalue weighted by molar-refractivity contribution is 0.183. The molecule has 0 radical (unpaired) electrons. The van der Waals surface area contributed by atoms with Gasteiger partial charge in [-0.05, 0) is 49.2 Å². The van der Waals surface area contributed by atoms with E-state index in [0.29, 0.717) is 11.5 Å². The molecule has 0 aliphatic carbocycles. The van der Waals surface area contributed by atoms with Crippen molar-refractivity contribution in [2.24, 2.45) is 0 Å². The van der Waals surface area contributed by atoms with Crippen molar-refractivity contribution in [1.82, 2.24) is 0 Å². The molecule has 0 aliphatic heterocycles. The summed E-state index contributed by atoms with van der Waals surface area (Å²) in [4.78, 5) is 0.172. The SMILES string of the molecule is CCCCCCCCCCCC(CCC)OS(=O)(=O)c1ccc(Oc2ccccc2)cc1. The van der Waals surface area contributed by atoms with Gasteiger partial charge in [0, 0.05) is 0 Å². The van der Waals surface area contributed by atoms with Crippen molar-refractivity contribution in [2.45, 2.75) is 102 Å². The Balaban J connectivity index is 1.79. The Hall–Kier alpha value is -1.85. The Morgan fingerprint density at radius 2 is 1.22 bits per heavy atom. The third-order valence-corrected chi connectivity index (χ3v) is 6.97. The molecule has 4 nitrogen and oxygen atoms in total. The van der Waals surface area contributed by atoms with Gasteiger partial charge in [0.1, 0.15) is 11.5 Å². The number of rotatable bonds is 17. The second kappa shape index (κ2) is 15.1. The number of ether oxygens (including phenoxy) is 1. The van der Waals surface area contributed by atoms with Crippen LogP contribution in [0.15, 0.2) is 59.5 Å². The van der Waals surface area contributed by atoms with Crippen LogP contribution in [0.4, 0.5) is 0 Å². The van der Waals surface area contributed by atoms with E-state index in [1.807, 2.05) is 30.3 Å². The first-order valence-corrected chi connectivity index (χ1v) is 13.7. The van der Waals surface area contributed by atoms with Gasteiger partial charge in [-0.3, -0.25) is 4.18 Å². The summed E-state index contributed by atoms with van der Waals surface area (Å²) in [5.41, 5.74) is 0. The fraction of sp³-hybridized carbons (Fsp3) is 0.556. The Kier molecular flexibility index (Phi) is 12.4. The van der Waals surface area contributed by atoms with Crippen molar-refractivity contribution < 1.29 is 17.3 Å². The van der Waals surface area contributed by atoms with Crippen LogP contribution < -0.4 is 4.74 Å². The van der Waals surface area contributed by atoms with E-state index < -0.39 is 10.1 Å². The van der Waals surface area contributed by atoms with Gasteiger partial charge in [-0.25, -0.2) is 0 Å². The van der Waals surface area contributed by atoms with Crippen molar-refractivity contribution in [3.05, 3.63) is 54.6 Å². The zero-order valence-corrected chi connectivity index (χ0v) is 20.6. The molecule has 5 heteroatoms. The molecule has 0 aliphatic rings. The lowest BCUT2D eigenvalue weighted by atomic mass is 10.0. The molecule has 2 aromatic carbocycles. The van der Waals surface area contributed by atoms with Crippen molar-refractivity contribution in [2.75, 3.05) is 0 Å². The molecule has 0 saturated heterocycles. The minimum Gasteiger partial charge on any atom is -0.457 e. The van der Waals surface area contributed by atoms with Crippen LogP contribution in [-0.4, -0.2) is 14.5 Å². The van der Waals surface area contributed by atoms with E-state index in [1.165, 1.54) is 44.9 Å². The molecule has 32 heavy (non-hydrogen) atoms. The molecule has 2 rings (SSSR count). The van der Waals surface area contributed by atoms with Crippen LogP contribution in [0, 0.1) is 0 Å². The van der Waals surface area contributed by atoms with Crippen molar-refractivity contribution in [3.8, 4) is 11.5 Å². The average molecular weight is 461 g/mol. The summed E-state index contributed by atoms with van der Waals surface area (Å²) in [6, 6.07) is 15.8. The van der Waals surface area contributed by atoms with Crippen LogP contribution in [0.3, 0.4) is 0 Å². The maximum Gasteiger partial charge on any atom is 0.297 e. The standard InChI is InChI=1S/C27H40O4S/c1-3-5-6-7-8-9-10-11-13-19-26(16-4-2)31-32(28,29)27-22-20-25(21-23-27)30-24-17-14-12-15-18-24/h12,14-15,17-18,20-23,26H,3-11,13,16,19H2,1-2H3. The highest BCUT2D eigenvalue weighted by Crippen LogP contribution is 2.25. The van der Waals surface area contributed by atoms with Gasteiger partial charge in [0.25, 0.3) is 10.1 Å². The number of hydrogen-bond acceptors (Lipinski definition) is 4. The molecular formula is C27H40O4S. The first-order chi connectivity index (χ1) is 15.5. The molecule has 0 fully saturated rings. The minimum absolute atomic E-state index is 0.172. The Labute approximate surface area is 195 Å². The summed E-state index contributed by atoms with van der Waals surface area (Å²) in [6.45, 7) is 4.31. The Morgan fingerprint density at radius 3 is 1.81 bits per heavy atom. The van der Waals surface area contributed by atoms with Crippen LogP contribution in [0.1, 0.15) is 90.9 Å². The number of hydrogen-bond donors (Lipinski definition) is 0. The van der Waals surface area contributed by atoms with Crippen LogP contribution in [0.25, 0.3) is 0 Å². The van der Waals surface area contributed by atoms with Gasteiger partial charge >= 0.3 is 0 Å². The number of para-hydroxylation sites is 1. The lowest BCUT2D eigenvalue weighted by Gasteiger charge is -2.17. The highest BCUT2D eigenvalue weighted by atomic mass is 32.2. The normalized spacial score (nSPS) is 12.6. The predicted octanol–water partition coefficient (Wildman–Crippen LogP) is 8.27. The highest BCUT2D eigenvalue weighted by molar-refractivity contribution is 7.86. The highest BCUT2D eigenvalue weighted by Gasteiger charge is 2.21. The van der Waals surface area contributed by atoms with Crippen molar-refractivity contribution in [3.63, 3.8) is 0 Å². The van der Waals surface area contributed by atoms with Crippen molar-refractivity contribution in [1.29, 1.82) is 0 Å². The second-order valence-electron chi connectivity index (χ2n) is 8.46. The molecule has 0 spiro atoms. The third kappa shape index (κ3) is 10.2. The molecule has 0 bridgehead atoms. The monoisotopic (exact) mass is 460 g/mol. The Bertz CT molecular complexity index is 832. The largest absolute Gasteiger partial charge is 0.457 e. The molecule has 1 atom stereocenters. The third-order valence-electron chi connectivity index (χ3n) is 5.59. The lowest BCUT2D eigenvalue weighted by Crippen LogP contribution is -2.18. The van der Waals surface area contributed by atoms with E-state index in [1.54, 1.807) is 24.3 Å². The number of unbranched alkanes of at least 4 members (excludes halogenated alkanes) is 8. The molecule has 0 N–H and O–H groups in total. The van der Waals surface area contributed by atoms with Crippen LogP contribution in [0.2, 0.25) is 0 Å². The van der Waals surface area contributed by atoms with Gasteiger partial charge in [0.05, 0.1) is 11.0 Å². The molecule has 0 amide bonds. The van der Waals surface area contributed by atoms with Gasteiger partial charge in [-0.15, -0.1) is 0 Å². The van der Waals surface area contributed by atoms with Gasteiger partial charge in [0.2, 0.25) is 0 Å². The van der Waals surface area contributed by atoms with Crippen LogP contribution in [-0.2, 0) is 14.3 Å². The molecule has 1 unspecified atom stereocenters. The van der Waals surface area contributed by atoms with E-state index in [2.05, 4.69) is 13.8 Å². The first-order valence-electron chi connectivity index (χ1n) is 12.3. The van der Waals surface area contributed by atoms with E-state index >= 15 is 0 Å². The van der Waals surface area contributed by atoms with E-state index in [9.17, 15) is 8.42 Å². The maximum atomic E-state index is 12.8. The summed E-state index contributed by atoms with van der Waals surface area (Å²) in [5, 5.41) is 0. The zero-order chi connectivity index (χ0) is 23.1. The van der Waals surface area contributed by atoms with Gasteiger partial charge in [-0.2, -0.15) is 8.42 Å². The summed E-state index contributed by atoms with van der Waals surface area (Å²) in [5.74, 6) is 1.30. The van der Waals surface area contributed by atoms with Crippen LogP contribution >= 0.6 is 0 Å². The average Bonchev–Trinajstić information content (AvgIpc) is 2.79. The molecular weight excluding hydrogens is 420 g/mol. The predicted molar refractivity (Wildman–Crippen MR) is 132 cm³/mol. The van der Waals surface area contributed by atoms with Crippen molar-refractivity contribution >= 4 is 10.1 Å². The summed E-state index contributed by atoms with van der Waals surface area (Å²) in [7, 11) is -3.79. The van der Waals surface area contributed by atoms with Gasteiger partial charge < -0.3 is 4.74 Å². The fourth-order valence-corrected chi connectivity index (χ4v) is 4.91. The second-order valence-corrected chi connectivity index (χ2v) is 10.0. The summed E-state index contributed by atoms with van der Waals surface area (Å²) >= 11 is 0. The summed E-state index contributed by atoms with van der Waals surface area (Å²) in [6.07, 6.45) is 13.5. The molecule has 178 valence electrons. The van der Waals surface area contributed by atoms with Gasteiger partial charge in [-0.1, -0.05) is 96.3 Å².